The van der Waals surface area contributed by atoms with Crippen LogP contribution in [0.5, 0.6) is 0 Å². The predicted molar refractivity (Wildman–Crippen MR) is 64.4 cm³/mol. The van der Waals surface area contributed by atoms with Crippen molar-refractivity contribution in [3.8, 4) is 0 Å². The summed E-state index contributed by atoms with van der Waals surface area (Å²) in [6, 6.07) is 3.48. The van der Waals surface area contributed by atoms with Crippen LogP contribution >= 0.6 is 0 Å². The summed E-state index contributed by atoms with van der Waals surface area (Å²) >= 11 is 0. The van der Waals surface area contributed by atoms with Crippen molar-refractivity contribution in [1.29, 1.82) is 0 Å². The quantitative estimate of drug-likeness (QED) is 0.858. The van der Waals surface area contributed by atoms with Crippen molar-refractivity contribution >= 4 is 0 Å². The average Bonchev–Trinajstić information content (AvgIpc) is 2.35. The highest BCUT2D eigenvalue weighted by Crippen LogP contribution is 2.30. The van der Waals surface area contributed by atoms with E-state index in [9.17, 15) is 9.50 Å². The van der Waals surface area contributed by atoms with E-state index >= 15 is 0 Å². The molecule has 0 bridgehead atoms. The third kappa shape index (κ3) is 2.67. The maximum Gasteiger partial charge on any atom is 0.129 e. The highest BCUT2D eigenvalue weighted by molar-refractivity contribution is 5.32. The molecule has 2 nitrogen and oxygen atoms in total. The Morgan fingerprint density at radius 3 is 2.53 bits per heavy atom. The second kappa shape index (κ2) is 5.15. The molecule has 1 aliphatic heterocycles. The minimum absolute atomic E-state index is 0.132. The maximum atomic E-state index is 13.5. The zero-order valence-corrected chi connectivity index (χ0v) is 10.4. The van der Waals surface area contributed by atoms with Gasteiger partial charge in [0.2, 0.25) is 0 Å². The van der Waals surface area contributed by atoms with Crippen LogP contribution in [0.4, 0.5) is 4.39 Å². The van der Waals surface area contributed by atoms with Crippen molar-refractivity contribution in [3.63, 3.8) is 0 Å². The minimum atomic E-state index is -0.548. The van der Waals surface area contributed by atoms with Gasteiger partial charge in [0.15, 0.2) is 0 Å². The Labute approximate surface area is 101 Å². The van der Waals surface area contributed by atoms with Crippen LogP contribution in [-0.2, 0) is 4.74 Å². The number of ether oxygens (including phenoxy) is 1. The van der Waals surface area contributed by atoms with Crippen molar-refractivity contribution in [2.45, 2.75) is 32.8 Å². The summed E-state index contributed by atoms with van der Waals surface area (Å²) in [4.78, 5) is 0. The highest BCUT2D eigenvalue weighted by Gasteiger charge is 2.24. The normalized spacial score (nSPS) is 22.5. The monoisotopic (exact) mass is 238 g/mol. The number of aliphatic hydroxyl groups is 1. The molecular formula is C14H19FO2. The molecule has 2 rings (SSSR count). The molecule has 0 spiro atoms. The van der Waals surface area contributed by atoms with Crippen molar-refractivity contribution in [3.05, 3.63) is 34.6 Å². The third-order valence-corrected chi connectivity index (χ3v) is 3.44. The van der Waals surface area contributed by atoms with Gasteiger partial charge in [-0.05, 0) is 43.4 Å². The van der Waals surface area contributed by atoms with E-state index in [2.05, 4.69) is 0 Å². The van der Waals surface area contributed by atoms with Gasteiger partial charge in [-0.2, -0.15) is 0 Å². The number of benzene rings is 1. The summed E-state index contributed by atoms with van der Waals surface area (Å²) in [6.45, 7) is 4.84. The average molecular weight is 238 g/mol. The predicted octanol–water partition coefficient (Wildman–Crippen LogP) is 2.90. The summed E-state index contributed by atoms with van der Waals surface area (Å²) in [5.74, 6) is -0.0474. The lowest BCUT2D eigenvalue weighted by atomic mass is 9.89. The largest absolute Gasteiger partial charge is 0.388 e. The molecule has 1 N–H and O–H groups in total. The molecule has 17 heavy (non-hydrogen) atoms. The van der Waals surface area contributed by atoms with Gasteiger partial charge in [0.1, 0.15) is 5.82 Å². The van der Waals surface area contributed by atoms with Crippen molar-refractivity contribution in [2.24, 2.45) is 5.92 Å². The molecule has 1 heterocycles. The summed E-state index contributed by atoms with van der Waals surface area (Å²) < 4.78 is 18.9. The first-order valence-corrected chi connectivity index (χ1v) is 6.12. The first-order valence-electron chi connectivity index (χ1n) is 6.12. The molecule has 2 unspecified atom stereocenters. The number of halogens is 1. The van der Waals surface area contributed by atoms with Gasteiger partial charge in [0.25, 0.3) is 0 Å². The van der Waals surface area contributed by atoms with Gasteiger partial charge < -0.3 is 9.84 Å². The number of aryl methyl sites for hydroxylation is 2. The molecule has 1 aliphatic rings. The zero-order chi connectivity index (χ0) is 12.4. The van der Waals surface area contributed by atoms with E-state index in [0.29, 0.717) is 17.7 Å². The van der Waals surface area contributed by atoms with Gasteiger partial charge in [0, 0.05) is 12.5 Å². The first kappa shape index (κ1) is 12.5. The highest BCUT2D eigenvalue weighted by atomic mass is 19.1. The molecule has 1 aromatic rings. The molecule has 1 aromatic carbocycles. The van der Waals surface area contributed by atoms with E-state index in [1.807, 2.05) is 0 Å². The van der Waals surface area contributed by atoms with Gasteiger partial charge in [-0.3, -0.25) is 0 Å². The standard InChI is InChI=1S/C14H19FO2/c1-9-6-12(7-10(2)13(9)15)14(16)11-4-3-5-17-8-11/h6-7,11,14,16H,3-5,8H2,1-2H3. The van der Waals surface area contributed by atoms with Crippen LogP contribution in [0.15, 0.2) is 12.1 Å². The molecule has 1 saturated heterocycles. The lowest BCUT2D eigenvalue weighted by Gasteiger charge is -2.27. The molecule has 94 valence electrons. The summed E-state index contributed by atoms with van der Waals surface area (Å²) in [6.07, 6.45) is 1.41. The molecule has 0 amide bonds. The van der Waals surface area contributed by atoms with Crippen LogP contribution in [-0.4, -0.2) is 18.3 Å². The lowest BCUT2D eigenvalue weighted by molar-refractivity contribution is -0.0100. The van der Waals surface area contributed by atoms with Crippen molar-refractivity contribution in [2.75, 3.05) is 13.2 Å². The molecule has 0 aromatic heterocycles. The smallest absolute Gasteiger partial charge is 0.129 e. The Bertz CT molecular complexity index is 374. The Hall–Kier alpha value is -0.930. The second-order valence-corrected chi connectivity index (χ2v) is 4.89. The Kier molecular flexibility index (Phi) is 3.79. The molecule has 0 saturated carbocycles. The first-order chi connectivity index (χ1) is 8.09. The summed E-state index contributed by atoms with van der Waals surface area (Å²) in [5, 5.41) is 10.3. The Morgan fingerprint density at radius 1 is 1.35 bits per heavy atom. The number of hydrogen-bond acceptors (Lipinski definition) is 2. The summed E-state index contributed by atoms with van der Waals surface area (Å²) in [5.41, 5.74) is 1.99. The molecule has 1 fully saturated rings. The van der Waals surface area contributed by atoms with Gasteiger partial charge in [0.05, 0.1) is 12.7 Å². The van der Waals surface area contributed by atoms with Crippen LogP contribution in [0.1, 0.15) is 35.6 Å². The fourth-order valence-electron chi connectivity index (χ4n) is 2.44. The topological polar surface area (TPSA) is 29.5 Å². The third-order valence-electron chi connectivity index (χ3n) is 3.44. The zero-order valence-electron chi connectivity index (χ0n) is 10.4. The molecule has 3 heteroatoms. The second-order valence-electron chi connectivity index (χ2n) is 4.89. The summed E-state index contributed by atoms with van der Waals surface area (Å²) in [7, 11) is 0. The van der Waals surface area contributed by atoms with E-state index in [1.165, 1.54) is 0 Å². The molecule has 0 radical (unpaired) electrons. The van der Waals surface area contributed by atoms with Crippen LogP contribution < -0.4 is 0 Å². The molecule has 0 aliphatic carbocycles. The number of aliphatic hydroxyl groups excluding tert-OH is 1. The fourth-order valence-corrected chi connectivity index (χ4v) is 2.44. The van der Waals surface area contributed by atoms with Crippen LogP contribution in [0.3, 0.4) is 0 Å². The van der Waals surface area contributed by atoms with Gasteiger partial charge in [-0.25, -0.2) is 4.39 Å². The van der Waals surface area contributed by atoms with Gasteiger partial charge in [-0.1, -0.05) is 12.1 Å². The van der Waals surface area contributed by atoms with E-state index in [4.69, 9.17) is 4.74 Å². The SMILES string of the molecule is Cc1cc(C(O)C2CCCOC2)cc(C)c1F. The van der Waals surface area contributed by atoms with Crippen molar-refractivity contribution < 1.29 is 14.2 Å². The Balaban J connectivity index is 2.21. The van der Waals surface area contributed by atoms with Crippen LogP contribution in [0, 0.1) is 25.6 Å². The molecule has 2 atom stereocenters. The van der Waals surface area contributed by atoms with Gasteiger partial charge in [-0.15, -0.1) is 0 Å². The van der Waals surface area contributed by atoms with Crippen LogP contribution in [0.25, 0.3) is 0 Å². The van der Waals surface area contributed by atoms with E-state index in [1.54, 1.807) is 26.0 Å². The Morgan fingerprint density at radius 2 is 2.00 bits per heavy atom. The van der Waals surface area contributed by atoms with Crippen LogP contribution in [0.2, 0.25) is 0 Å². The maximum absolute atomic E-state index is 13.5. The number of hydrogen-bond donors (Lipinski definition) is 1. The fraction of sp³-hybridized carbons (Fsp3) is 0.571. The lowest BCUT2D eigenvalue weighted by Crippen LogP contribution is -2.23. The van der Waals surface area contributed by atoms with Gasteiger partial charge >= 0.3 is 0 Å². The van der Waals surface area contributed by atoms with E-state index in [-0.39, 0.29) is 11.7 Å². The minimum Gasteiger partial charge on any atom is -0.388 e. The van der Waals surface area contributed by atoms with E-state index in [0.717, 1.165) is 25.0 Å². The van der Waals surface area contributed by atoms with E-state index < -0.39 is 6.10 Å². The number of rotatable bonds is 2. The molecular weight excluding hydrogens is 219 g/mol. The van der Waals surface area contributed by atoms with Crippen molar-refractivity contribution in [1.82, 2.24) is 0 Å².